The molecule has 0 aliphatic rings. The number of hydrogen-bond donors (Lipinski definition) is 2. The summed E-state index contributed by atoms with van der Waals surface area (Å²) >= 11 is 0.760. The Morgan fingerprint density at radius 3 is 2.68 bits per heavy atom. The third kappa shape index (κ3) is 3.71. The highest BCUT2D eigenvalue weighted by molar-refractivity contribution is 7.94. The van der Waals surface area contributed by atoms with Gasteiger partial charge in [-0.25, -0.2) is 0 Å². The number of hydrogen-bond acceptors (Lipinski definition) is 7. The van der Waals surface area contributed by atoms with Crippen LogP contribution in [0.3, 0.4) is 0 Å². The second kappa shape index (κ2) is 6.28. The monoisotopic (exact) mass is 342 g/mol. The molecule has 0 fully saturated rings. The second-order valence-electron chi connectivity index (χ2n) is 4.36. The van der Waals surface area contributed by atoms with Gasteiger partial charge in [0.25, 0.3) is 14.4 Å². The maximum Gasteiger partial charge on any atom is 0.291 e. The second-order valence-corrected chi connectivity index (χ2v) is 7.20. The van der Waals surface area contributed by atoms with Gasteiger partial charge in [0, 0.05) is 6.92 Å². The fraction of sp³-hybridized carbons (Fsp3) is 0.250. The van der Waals surface area contributed by atoms with E-state index in [-0.39, 0.29) is 15.4 Å². The molecule has 22 heavy (non-hydrogen) atoms. The number of methoxy groups -OCH3 is 1. The predicted molar refractivity (Wildman–Crippen MR) is 82.8 cm³/mol. The van der Waals surface area contributed by atoms with E-state index < -0.39 is 10.0 Å². The summed E-state index contributed by atoms with van der Waals surface area (Å²) in [6.45, 7) is 3.13. The van der Waals surface area contributed by atoms with Gasteiger partial charge in [-0.15, -0.1) is 10.2 Å². The largest absolute Gasteiger partial charge is 0.495 e. The molecule has 2 rings (SSSR count). The molecule has 0 radical (unpaired) electrons. The Morgan fingerprint density at radius 1 is 1.32 bits per heavy atom. The van der Waals surface area contributed by atoms with Crippen LogP contribution in [0.5, 0.6) is 5.75 Å². The molecule has 1 heterocycles. The first-order valence-electron chi connectivity index (χ1n) is 6.10. The van der Waals surface area contributed by atoms with Gasteiger partial charge in [-0.2, -0.15) is 8.42 Å². The van der Waals surface area contributed by atoms with Crippen molar-refractivity contribution in [2.45, 2.75) is 18.2 Å². The molecular weight excluding hydrogens is 328 g/mol. The lowest BCUT2D eigenvalue weighted by Crippen LogP contribution is -2.13. The van der Waals surface area contributed by atoms with Crippen molar-refractivity contribution in [1.29, 1.82) is 0 Å². The van der Waals surface area contributed by atoms with Gasteiger partial charge in [-0.05, 0) is 24.6 Å². The van der Waals surface area contributed by atoms with E-state index in [1.54, 1.807) is 18.2 Å². The zero-order valence-electron chi connectivity index (χ0n) is 12.1. The Bertz CT molecular complexity index is 801. The number of nitrogens with zero attached hydrogens (tertiary/aromatic N) is 2. The molecule has 2 N–H and O–H groups in total. The minimum Gasteiger partial charge on any atom is -0.495 e. The SMILES string of the molecule is COc1ccc(C)cc1NS(=O)(=O)c1nnc(NC(C)=O)s1. The average molecular weight is 342 g/mol. The summed E-state index contributed by atoms with van der Waals surface area (Å²) in [5.74, 6) is 0.0363. The molecule has 0 saturated carbocycles. The standard InChI is InChI=1S/C12H14N4O4S2/c1-7-4-5-10(20-3)9(6-7)16-22(18,19)12-15-14-11(21-12)13-8(2)17/h4-6,16H,1-3H3,(H,13,14,17). The van der Waals surface area contributed by atoms with Crippen molar-refractivity contribution in [1.82, 2.24) is 10.2 Å². The zero-order chi connectivity index (χ0) is 16.3. The Kier molecular flexibility index (Phi) is 4.62. The molecule has 118 valence electrons. The van der Waals surface area contributed by atoms with E-state index in [2.05, 4.69) is 20.2 Å². The molecule has 1 aromatic carbocycles. The normalized spacial score (nSPS) is 11.0. The van der Waals surface area contributed by atoms with E-state index in [1.165, 1.54) is 14.0 Å². The number of ether oxygens (including phenoxy) is 1. The molecule has 0 saturated heterocycles. The number of aromatic nitrogens is 2. The highest BCUT2D eigenvalue weighted by Crippen LogP contribution is 2.29. The van der Waals surface area contributed by atoms with Gasteiger partial charge in [0.1, 0.15) is 5.75 Å². The van der Waals surface area contributed by atoms with Crippen LogP contribution in [0.15, 0.2) is 22.5 Å². The van der Waals surface area contributed by atoms with Gasteiger partial charge >= 0.3 is 0 Å². The van der Waals surface area contributed by atoms with Crippen molar-refractivity contribution in [3.8, 4) is 5.75 Å². The lowest BCUT2D eigenvalue weighted by Gasteiger charge is -2.10. The summed E-state index contributed by atoms with van der Waals surface area (Å²) < 4.78 is 31.9. The molecule has 0 atom stereocenters. The van der Waals surface area contributed by atoms with Gasteiger partial charge in [0.05, 0.1) is 12.8 Å². The molecule has 8 nitrogen and oxygen atoms in total. The first-order chi connectivity index (χ1) is 10.3. The van der Waals surface area contributed by atoms with Crippen LogP contribution in [0.1, 0.15) is 12.5 Å². The van der Waals surface area contributed by atoms with Gasteiger partial charge < -0.3 is 10.1 Å². The number of sulfonamides is 1. The molecule has 0 bridgehead atoms. The van der Waals surface area contributed by atoms with Gasteiger partial charge in [0.2, 0.25) is 11.0 Å². The molecule has 1 aromatic heterocycles. The fourth-order valence-electron chi connectivity index (χ4n) is 1.61. The summed E-state index contributed by atoms with van der Waals surface area (Å²) in [4.78, 5) is 10.9. The highest BCUT2D eigenvalue weighted by atomic mass is 32.2. The van der Waals surface area contributed by atoms with Crippen molar-refractivity contribution in [2.24, 2.45) is 0 Å². The summed E-state index contributed by atoms with van der Waals surface area (Å²) in [6.07, 6.45) is 0. The maximum absolute atomic E-state index is 12.3. The van der Waals surface area contributed by atoms with E-state index in [9.17, 15) is 13.2 Å². The van der Waals surface area contributed by atoms with Gasteiger partial charge in [-0.3, -0.25) is 9.52 Å². The van der Waals surface area contributed by atoms with Crippen molar-refractivity contribution < 1.29 is 17.9 Å². The average Bonchev–Trinajstić information content (AvgIpc) is 2.87. The minimum atomic E-state index is -3.91. The highest BCUT2D eigenvalue weighted by Gasteiger charge is 2.22. The maximum atomic E-state index is 12.3. The number of anilines is 2. The Labute approximate surface area is 131 Å². The Hall–Kier alpha value is -2.20. The van der Waals surface area contributed by atoms with E-state index >= 15 is 0 Å². The van der Waals surface area contributed by atoms with Crippen LogP contribution in [-0.2, 0) is 14.8 Å². The zero-order valence-corrected chi connectivity index (χ0v) is 13.7. The number of rotatable bonds is 5. The van der Waals surface area contributed by atoms with Crippen molar-refractivity contribution in [3.05, 3.63) is 23.8 Å². The number of carbonyl (C=O) groups is 1. The fourth-order valence-corrected chi connectivity index (χ4v) is 3.62. The molecule has 0 aliphatic carbocycles. The molecule has 10 heteroatoms. The summed E-state index contributed by atoms with van der Waals surface area (Å²) in [6, 6.07) is 5.11. The van der Waals surface area contributed by atoms with Crippen LogP contribution in [0, 0.1) is 6.92 Å². The first kappa shape index (κ1) is 16.2. The quantitative estimate of drug-likeness (QED) is 0.799. The van der Waals surface area contributed by atoms with E-state index in [0.717, 1.165) is 16.9 Å². The molecule has 0 aliphatic heterocycles. The molecule has 0 unspecified atom stereocenters. The van der Waals surface area contributed by atoms with Crippen LogP contribution < -0.4 is 14.8 Å². The number of aryl methyl sites for hydroxylation is 1. The molecule has 2 aromatic rings. The summed E-state index contributed by atoms with van der Waals surface area (Å²) in [5.41, 5.74) is 1.17. The lowest BCUT2D eigenvalue weighted by molar-refractivity contribution is -0.114. The lowest BCUT2D eigenvalue weighted by atomic mass is 10.2. The van der Waals surface area contributed by atoms with Crippen LogP contribution in [0.2, 0.25) is 0 Å². The van der Waals surface area contributed by atoms with Crippen LogP contribution in [0.4, 0.5) is 10.8 Å². The first-order valence-corrected chi connectivity index (χ1v) is 8.40. The third-order valence-electron chi connectivity index (χ3n) is 2.52. The smallest absolute Gasteiger partial charge is 0.291 e. The number of nitrogens with one attached hydrogen (secondary N) is 2. The Balaban J connectivity index is 2.30. The molecule has 1 amide bonds. The number of amides is 1. The van der Waals surface area contributed by atoms with Crippen molar-refractivity contribution >= 4 is 38.1 Å². The molecule has 0 spiro atoms. The van der Waals surface area contributed by atoms with E-state index in [0.29, 0.717) is 11.4 Å². The van der Waals surface area contributed by atoms with Crippen molar-refractivity contribution in [2.75, 3.05) is 17.1 Å². The van der Waals surface area contributed by atoms with E-state index in [1.807, 2.05) is 6.92 Å². The van der Waals surface area contributed by atoms with Gasteiger partial charge in [0.15, 0.2) is 0 Å². The van der Waals surface area contributed by atoms with Crippen LogP contribution >= 0.6 is 11.3 Å². The molecular formula is C12H14N4O4S2. The van der Waals surface area contributed by atoms with Crippen LogP contribution in [0.25, 0.3) is 0 Å². The summed E-state index contributed by atoms with van der Waals surface area (Å²) in [7, 11) is -2.47. The minimum absolute atomic E-state index is 0.115. The van der Waals surface area contributed by atoms with Crippen molar-refractivity contribution in [3.63, 3.8) is 0 Å². The number of carbonyl (C=O) groups excluding carboxylic acids is 1. The summed E-state index contributed by atoms with van der Waals surface area (Å²) in [5, 5.41) is 9.68. The third-order valence-corrected chi connectivity index (χ3v) is 5.09. The van der Waals surface area contributed by atoms with Gasteiger partial charge in [-0.1, -0.05) is 17.4 Å². The Morgan fingerprint density at radius 2 is 2.05 bits per heavy atom. The van der Waals surface area contributed by atoms with E-state index in [4.69, 9.17) is 4.74 Å². The topological polar surface area (TPSA) is 110 Å². The predicted octanol–water partition coefficient (Wildman–Crippen LogP) is 1.61. The van der Waals surface area contributed by atoms with Crippen LogP contribution in [-0.4, -0.2) is 31.6 Å². The number of benzene rings is 1.